The van der Waals surface area contributed by atoms with E-state index in [0.717, 1.165) is 17.7 Å². The first-order valence-corrected chi connectivity index (χ1v) is 11.9. The van der Waals surface area contributed by atoms with E-state index >= 15 is 0 Å². The lowest BCUT2D eigenvalue weighted by Gasteiger charge is -2.31. The van der Waals surface area contributed by atoms with Crippen molar-refractivity contribution in [2.45, 2.75) is 64.9 Å². The Balaban J connectivity index is 2.11. The lowest BCUT2D eigenvalue weighted by atomic mass is 10.1. The van der Waals surface area contributed by atoms with Gasteiger partial charge in [-0.25, -0.2) is 0 Å². The molecule has 0 heterocycles. The summed E-state index contributed by atoms with van der Waals surface area (Å²) in [5, 5.41) is 3.05. The van der Waals surface area contributed by atoms with Gasteiger partial charge in [0, 0.05) is 18.3 Å². The molecule has 162 valence electrons. The van der Waals surface area contributed by atoms with Crippen molar-refractivity contribution in [1.82, 2.24) is 10.2 Å². The van der Waals surface area contributed by atoms with Crippen molar-refractivity contribution in [1.29, 1.82) is 0 Å². The smallest absolute Gasteiger partial charge is 0.243 e. The third-order valence-electron chi connectivity index (χ3n) is 5.33. The number of benzene rings is 2. The van der Waals surface area contributed by atoms with Crippen molar-refractivity contribution in [2.24, 2.45) is 0 Å². The van der Waals surface area contributed by atoms with Crippen molar-refractivity contribution in [2.75, 3.05) is 5.75 Å². The molecule has 0 aromatic heterocycles. The highest BCUT2D eigenvalue weighted by Gasteiger charge is 2.29. The van der Waals surface area contributed by atoms with Crippen molar-refractivity contribution >= 4 is 23.6 Å². The second-order valence-corrected chi connectivity index (χ2v) is 8.65. The molecule has 0 aliphatic carbocycles. The molecule has 2 unspecified atom stereocenters. The van der Waals surface area contributed by atoms with E-state index in [-0.39, 0.29) is 17.9 Å². The lowest BCUT2D eigenvalue weighted by molar-refractivity contribution is -0.139. The van der Waals surface area contributed by atoms with Gasteiger partial charge in [-0.15, -0.1) is 11.8 Å². The first-order valence-electron chi connectivity index (χ1n) is 10.7. The molecule has 0 fully saturated rings. The van der Waals surface area contributed by atoms with Crippen LogP contribution in [0.2, 0.25) is 0 Å². The predicted octanol–water partition coefficient (Wildman–Crippen LogP) is 4.95. The minimum Gasteiger partial charge on any atom is -0.352 e. The van der Waals surface area contributed by atoms with E-state index in [1.54, 1.807) is 16.7 Å². The summed E-state index contributed by atoms with van der Waals surface area (Å²) in [6.07, 6.45) is 1.45. The summed E-state index contributed by atoms with van der Waals surface area (Å²) in [7, 11) is 0. The van der Waals surface area contributed by atoms with Gasteiger partial charge in [0.1, 0.15) is 6.04 Å². The van der Waals surface area contributed by atoms with Gasteiger partial charge in [-0.1, -0.05) is 68.4 Å². The highest BCUT2D eigenvalue weighted by molar-refractivity contribution is 7.99. The Morgan fingerprint density at radius 3 is 2.30 bits per heavy atom. The summed E-state index contributed by atoms with van der Waals surface area (Å²) < 4.78 is 0. The topological polar surface area (TPSA) is 49.4 Å². The van der Waals surface area contributed by atoms with Gasteiger partial charge < -0.3 is 10.2 Å². The number of nitrogens with one attached hydrogen (secondary N) is 1. The molecular formula is C25H34N2O2S. The maximum absolute atomic E-state index is 13.2. The van der Waals surface area contributed by atoms with Crippen molar-refractivity contribution in [3.05, 3.63) is 71.3 Å². The second kappa shape index (κ2) is 12.4. The molecule has 30 heavy (non-hydrogen) atoms. The van der Waals surface area contributed by atoms with Crippen LogP contribution in [0.1, 0.15) is 50.3 Å². The van der Waals surface area contributed by atoms with Crippen molar-refractivity contribution in [3.8, 4) is 0 Å². The molecule has 0 bridgehead atoms. The molecule has 2 amide bonds. The number of hydrogen-bond donors (Lipinski definition) is 1. The second-order valence-electron chi connectivity index (χ2n) is 7.67. The molecule has 2 rings (SSSR count). The molecule has 1 N–H and O–H groups in total. The van der Waals surface area contributed by atoms with Crippen LogP contribution in [-0.2, 0) is 21.9 Å². The summed E-state index contributed by atoms with van der Waals surface area (Å²) >= 11 is 1.60. The number of aryl methyl sites for hydroxylation is 1. The number of carbonyl (C=O) groups is 2. The van der Waals surface area contributed by atoms with Gasteiger partial charge >= 0.3 is 0 Å². The number of rotatable bonds is 11. The molecule has 4 nitrogen and oxygen atoms in total. The average Bonchev–Trinajstić information content (AvgIpc) is 2.75. The molecule has 0 saturated carbocycles. The van der Waals surface area contributed by atoms with Gasteiger partial charge in [-0.3, -0.25) is 9.59 Å². The maximum atomic E-state index is 13.2. The van der Waals surface area contributed by atoms with Gasteiger partial charge in [0.2, 0.25) is 11.8 Å². The number of carbonyl (C=O) groups excluding carboxylic acids is 2. The Bertz CT molecular complexity index is 810. The van der Waals surface area contributed by atoms with E-state index in [1.165, 1.54) is 11.1 Å². The molecule has 2 atom stereocenters. The zero-order valence-electron chi connectivity index (χ0n) is 18.6. The van der Waals surface area contributed by atoms with Crippen LogP contribution in [0.3, 0.4) is 0 Å². The lowest BCUT2D eigenvalue weighted by Crippen LogP contribution is -2.51. The predicted molar refractivity (Wildman–Crippen MR) is 126 cm³/mol. The summed E-state index contributed by atoms with van der Waals surface area (Å²) in [6, 6.07) is 17.8. The summed E-state index contributed by atoms with van der Waals surface area (Å²) in [5.41, 5.74) is 3.51. The molecule has 2 aromatic rings. The average molecular weight is 427 g/mol. The van der Waals surface area contributed by atoms with Crippen molar-refractivity contribution < 1.29 is 9.59 Å². The number of nitrogens with zero attached hydrogens (tertiary/aromatic N) is 1. The Hall–Kier alpha value is -2.27. The fourth-order valence-corrected chi connectivity index (χ4v) is 4.23. The van der Waals surface area contributed by atoms with E-state index < -0.39 is 6.04 Å². The summed E-state index contributed by atoms with van der Waals surface area (Å²) in [6.45, 7) is 8.53. The highest BCUT2D eigenvalue weighted by atomic mass is 32.2. The first kappa shape index (κ1) is 24.0. The number of amides is 2. The van der Waals surface area contributed by atoms with Crippen LogP contribution in [0.15, 0.2) is 54.6 Å². The van der Waals surface area contributed by atoms with E-state index in [1.807, 2.05) is 63.2 Å². The third kappa shape index (κ3) is 7.21. The Labute approximate surface area is 185 Å². The normalized spacial score (nSPS) is 12.8. The van der Waals surface area contributed by atoms with Gasteiger partial charge in [0.15, 0.2) is 0 Å². The number of hydrogen-bond acceptors (Lipinski definition) is 3. The fraction of sp³-hybridized carbons (Fsp3) is 0.440. The van der Waals surface area contributed by atoms with Crippen LogP contribution in [0, 0.1) is 6.92 Å². The standard InChI is InChI=1S/C25H34N2O2S/c1-5-20(4)26-25(29)23(6-2)27(16-21-13-8-7-9-14-21)24(28)18-30-17-22-15-11-10-12-19(22)3/h7-15,20,23H,5-6,16-18H2,1-4H3,(H,26,29). The minimum absolute atomic E-state index is 0.00332. The van der Waals surface area contributed by atoms with Crippen LogP contribution < -0.4 is 5.32 Å². The van der Waals surface area contributed by atoms with E-state index in [4.69, 9.17) is 0 Å². The van der Waals surface area contributed by atoms with Crippen LogP contribution in [0.25, 0.3) is 0 Å². The largest absolute Gasteiger partial charge is 0.352 e. The van der Waals surface area contributed by atoms with Crippen LogP contribution >= 0.6 is 11.8 Å². The number of thioether (sulfide) groups is 1. The van der Waals surface area contributed by atoms with Crippen LogP contribution in [0.5, 0.6) is 0 Å². The quantitative estimate of drug-likeness (QED) is 0.553. The summed E-state index contributed by atoms with van der Waals surface area (Å²) in [4.78, 5) is 27.9. The Morgan fingerprint density at radius 2 is 1.67 bits per heavy atom. The van der Waals surface area contributed by atoms with Crippen molar-refractivity contribution in [3.63, 3.8) is 0 Å². The molecule has 0 aliphatic rings. The fourth-order valence-electron chi connectivity index (χ4n) is 3.24. The Kier molecular flexibility index (Phi) is 9.95. The van der Waals surface area contributed by atoms with Gasteiger partial charge in [-0.2, -0.15) is 0 Å². The molecule has 0 aliphatic heterocycles. The maximum Gasteiger partial charge on any atom is 0.243 e. The monoisotopic (exact) mass is 426 g/mol. The van der Waals surface area contributed by atoms with Gasteiger partial charge in [0.05, 0.1) is 5.75 Å². The van der Waals surface area contributed by atoms with E-state index in [2.05, 4.69) is 24.4 Å². The van der Waals surface area contributed by atoms with E-state index in [0.29, 0.717) is 18.7 Å². The van der Waals surface area contributed by atoms with Gasteiger partial charge in [0.25, 0.3) is 0 Å². The molecule has 0 radical (unpaired) electrons. The third-order valence-corrected chi connectivity index (χ3v) is 6.29. The van der Waals surface area contributed by atoms with E-state index in [9.17, 15) is 9.59 Å². The molecule has 2 aromatic carbocycles. The Morgan fingerprint density at radius 1 is 1.00 bits per heavy atom. The highest BCUT2D eigenvalue weighted by Crippen LogP contribution is 2.19. The zero-order chi connectivity index (χ0) is 21.9. The SMILES string of the molecule is CCC(C)NC(=O)C(CC)N(Cc1ccccc1)C(=O)CSCc1ccccc1C. The zero-order valence-corrected chi connectivity index (χ0v) is 19.4. The minimum atomic E-state index is -0.467. The molecule has 5 heteroatoms. The van der Waals surface area contributed by atoms with Crippen LogP contribution in [-0.4, -0.2) is 34.6 Å². The first-order chi connectivity index (χ1) is 14.5. The molecule has 0 saturated heterocycles. The molecule has 0 spiro atoms. The van der Waals surface area contributed by atoms with Gasteiger partial charge in [-0.05, 0) is 43.4 Å². The molecular weight excluding hydrogens is 392 g/mol. The van der Waals surface area contributed by atoms with Crippen LogP contribution in [0.4, 0.5) is 0 Å². The summed E-state index contributed by atoms with van der Waals surface area (Å²) in [5.74, 6) is 1.07.